The minimum Gasteiger partial charge on any atom is -0.324 e. The molecule has 0 radical (unpaired) electrons. The van der Waals surface area contributed by atoms with Gasteiger partial charge in [0.15, 0.2) is 0 Å². The minimum atomic E-state index is -3.13. The van der Waals surface area contributed by atoms with E-state index in [9.17, 15) is 22.4 Å². The largest absolute Gasteiger partial charge is 0.324 e. The molecular weight excluding hydrogens is 412 g/mol. The van der Waals surface area contributed by atoms with Crippen LogP contribution in [0.3, 0.4) is 0 Å². The second kappa shape index (κ2) is 9.58. The second-order valence-corrected chi connectivity index (χ2v) is 7.30. The lowest BCUT2D eigenvalue weighted by atomic mass is 10.1. The first-order valence-electron chi connectivity index (χ1n) is 9.28. The highest BCUT2D eigenvalue weighted by Crippen LogP contribution is 2.34. The SMILES string of the molecule is O=C(Cn1nc(C(F)F)c(Cl)c1C(F)F)Nc1ccc(CN2CCCCC2)cc1. The average molecular weight is 433 g/mol. The van der Waals surface area contributed by atoms with Crippen LogP contribution >= 0.6 is 11.6 Å². The van der Waals surface area contributed by atoms with Gasteiger partial charge in [0, 0.05) is 12.2 Å². The number of piperidine rings is 1. The van der Waals surface area contributed by atoms with E-state index in [1.165, 1.54) is 19.3 Å². The van der Waals surface area contributed by atoms with E-state index in [1.807, 2.05) is 12.1 Å². The van der Waals surface area contributed by atoms with E-state index >= 15 is 0 Å². The number of alkyl halides is 4. The van der Waals surface area contributed by atoms with E-state index in [0.29, 0.717) is 10.4 Å². The molecule has 158 valence electrons. The summed E-state index contributed by atoms with van der Waals surface area (Å²) in [6, 6.07) is 7.20. The first kappa shape index (κ1) is 21.6. The van der Waals surface area contributed by atoms with Gasteiger partial charge in [0.2, 0.25) is 5.91 Å². The van der Waals surface area contributed by atoms with Crippen LogP contribution in [-0.2, 0) is 17.9 Å². The molecule has 1 N–H and O–H groups in total. The zero-order valence-corrected chi connectivity index (χ0v) is 16.3. The van der Waals surface area contributed by atoms with Crippen molar-refractivity contribution >= 4 is 23.2 Å². The summed E-state index contributed by atoms with van der Waals surface area (Å²) >= 11 is 5.58. The van der Waals surface area contributed by atoms with E-state index in [2.05, 4.69) is 15.3 Å². The highest BCUT2D eigenvalue weighted by atomic mass is 35.5. The normalized spacial score (nSPS) is 15.3. The van der Waals surface area contributed by atoms with Crippen molar-refractivity contribution in [3.8, 4) is 0 Å². The first-order chi connectivity index (χ1) is 13.8. The van der Waals surface area contributed by atoms with Gasteiger partial charge in [-0.25, -0.2) is 17.6 Å². The molecule has 0 spiro atoms. The molecule has 1 saturated heterocycles. The van der Waals surface area contributed by atoms with Crippen LogP contribution in [0.15, 0.2) is 24.3 Å². The highest BCUT2D eigenvalue weighted by Gasteiger charge is 2.28. The Hall–Kier alpha value is -2.13. The van der Waals surface area contributed by atoms with Crippen LogP contribution < -0.4 is 5.32 Å². The summed E-state index contributed by atoms with van der Waals surface area (Å²) in [6.45, 7) is 2.31. The number of nitrogens with zero attached hydrogens (tertiary/aromatic N) is 3. The number of likely N-dealkylation sites (tertiary alicyclic amines) is 1. The molecule has 0 bridgehead atoms. The molecule has 10 heteroatoms. The van der Waals surface area contributed by atoms with Crippen molar-refractivity contribution < 1.29 is 22.4 Å². The van der Waals surface area contributed by atoms with Crippen LogP contribution in [0, 0.1) is 0 Å². The number of nitrogens with one attached hydrogen (secondary N) is 1. The van der Waals surface area contributed by atoms with Gasteiger partial charge in [0.25, 0.3) is 12.9 Å². The molecule has 0 saturated carbocycles. The van der Waals surface area contributed by atoms with Crippen molar-refractivity contribution in [1.29, 1.82) is 0 Å². The maximum absolute atomic E-state index is 13.2. The predicted molar refractivity (Wildman–Crippen MR) is 101 cm³/mol. The standard InChI is InChI=1S/C19H21ClF4N4O/c20-15-16(18(21)22)26-28(17(15)19(23)24)11-14(29)25-13-6-4-12(5-7-13)10-27-8-2-1-3-9-27/h4-7,18-19H,1-3,8-11H2,(H,25,29). The summed E-state index contributed by atoms with van der Waals surface area (Å²) in [5.41, 5.74) is -0.278. The first-order valence-corrected chi connectivity index (χ1v) is 9.66. The molecule has 0 unspecified atom stereocenters. The molecule has 1 aromatic heterocycles. The van der Waals surface area contributed by atoms with Crippen LogP contribution in [-0.4, -0.2) is 33.7 Å². The lowest BCUT2D eigenvalue weighted by Crippen LogP contribution is -2.29. The van der Waals surface area contributed by atoms with E-state index in [4.69, 9.17) is 11.6 Å². The van der Waals surface area contributed by atoms with Crippen LogP contribution in [0.4, 0.5) is 23.2 Å². The van der Waals surface area contributed by atoms with Gasteiger partial charge in [-0.05, 0) is 43.6 Å². The summed E-state index contributed by atoms with van der Waals surface area (Å²) < 4.78 is 52.6. The summed E-state index contributed by atoms with van der Waals surface area (Å²) in [5.74, 6) is -0.671. The lowest BCUT2D eigenvalue weighted by molar-refractivity contribution is -0.117. The van der Waals surface area contributed by atoms with Gasteiger partial charge < -0.3 is 5.32 Å². The van der Waals surface area contributed by atoms with Crippen LogP contribution in [0.1, 0.15) is 49.1 Å². The number of amides is 1. The van der Waals surface area contributed by atoms with Crippen molar-refractivity contribution in [1.82, 2.24) is 14.7 Å². The molecule has 1 aromatic carbocycles. The number of anilines is 1. The fraction of sp³-hybridized carbons (Fsp3) is 0.474. The molecular formula is C19H21ClF4N4O. The molecule has 0 aliphatic carbocycles. The number of halogens is 5. The van der Waals surface area contributed by atoms with Crippen molar-refractivity contribution in [3.05, 3.63) is 46.2 Å². The Kier molecular flexibility index (Phi) is 7.13. The molecule has 5 nitrogen and oxygen atoms in total. The van der Waals surface area contributed by atoms with Gasteiger partial charge in [-0.1, -0.05) is 30.2 Å². The molecule has 1 amide bonds. The monoisotopic (exact) mass is 432 g/mol. The summed E-state index contributed by atoms with van der Waals surface area (Å²) in [4.78, 5) is 14.6. The Balaban J connectivity index is 1.63. The molecule has 3 rings (SSSR count). The van der Waals surface area contributed by atoms with Gasteiger partial charge in [0.05, 0.1) is 5.02 Å². The Morgan fingerprint density at radius 2 is 1.72 bits per heavy atom. The van der Waals surface area contributed by atoms with E-state index < -0.39 is 41.7 Å². The number of carbonyl (C=O) groups is 1. The zero-order chi connectivity index (χ0) is 21.0. The molecule has 1 aliphatic rings. The summed E-state index contributed by atoms with van der Waals surface area (Å²) in [6.07, 6.45) is -2.60. The van der Waals surface area contributed by atoms with Gasteiger partial charge in [0.1, 0.15) is 17.9 Å². The molecule has 1 fully saturated rings. The quantitative estimate of drug-likeness (QED) is 0.624. The fourth-order valence-electron chi connectivity index (χ4n) is 3.35. The smallest absolute Gasteiger partial charge is 0.283 e. The van der Waals surface area contributed by atoms with Gasteiger partial charge in [-0.2, -0.15) is 5.10 Å². The van der Waals surface area contributed by atoms with Crippen LogP contribution in [0.5, 0.6) is 0 Å². The Morgan fingerprint density at radius 1 is 1.07 bits per heavy atom. The maximum Gasteiger partial charge on any atom is 0.283 e. The number of benzene rings is 1. The number of carbonyl (C=O) groups excluding carboxylic acids is 1. The third-order valence-corrected chi connectivity index (χ3v) is 5.14. The molecule has 29 heavy (non-hydrogen) atoms. The Morgan fingerprint density at radius 3 is 2.31 bits per heavy atom. The molecule has 2 aromatic rings. The third-order valence-electron chi connectivity index (χ3n) is 4.76. The number of aromatic nitrogens is 2. The van der Waals surface area contributed by atoms with Crippen molar-refractivity contribution in [2.45, 2.75) is 45.2 Å². The van der Waals surface area contributed by atoms with Gasteiger partial charge in [-0.15, -0.1) is 0 Å². The van der Waals surface area contributed by atoms with Crippen molar-refractivity contribution in [2.75, 3.05) is 18.4 Å². The fourth-order valence-corrected chi connectivity index (χ4v) is 3.65. The van der Waals surface area contributed by atoms with Crippen LogP contribution in [0.25, 0.3) is 0 Å². The Bertz CT molecular complexity index is 835. The average Bonchev–Trinajstić information content (AvgIpc) is 3.00. The Labute approximate surface area is 170 Å². The second-order valence-electron chi connectivity index (χ2n) is 6.93. The lowest BCUT2D eigenvalue weighted by Gasteiger charge is -2.26. The van der Waals surface area contributed by atoms with E-state index in [-0.39, 0.29) is 0 Å². The maximum atomic E-state index is 13.2. The third kappa shape index (κ3) is 5.48. The van der Waals surface area contributed by atoms with Gasteiger partial charge >= 0.3 is 0 Å². The summed E-state index contributed by atoms with van der Waals surface area (Å²) in [5, 5.41) is 5.12. The van der Waals surface area contributed by atoms with Crippen LogP contribution in [0.2, 0.25) is 5.02 Å². The predicted octanol–water partition coefficient (Wildman–Crippen LogP) is 5.04. The summed E-state index contributed by atoms with van der Waals surface area (Å²) in [7, 11) is 0. The highest BCUT2D eigenvalue weighted by molar-refractivity contribution is 6.32. The van der Waals surface area contributed by atoms with Crippen molar-refractivity contribution in [3.63, 3.8) is 0 Å². The van der Waals surface area contributed by atoms with E-state index in [0.717, 1.165) is 25.2 Å². The molecule has 0 atom stereocenters. The number of rotatable bonds is 7. The molecule has 1 aliphatic heterocycles. The van der Waals surface area contributed by atoms with E-state index in [1.54, 1.807) is 12.1 Å². The topological polar surface area (TPSA) is 50.2 Å². The number of hydrogen-bond acceptors (Lipinski definition) is 3. The minimum absolute atomic E-state index is 0.475. The zero-order valence-electron chi connectivity index (χ0n) is 15.6. The van der Waals surface area contributed by atoms with Crippen molar-refractivity contribution in [2.24, 2.45) is 0 Å². The van der Waals surface area contributed by atoms with Gasteiger partial charge in [-0.3, -0.25) is 14.4 Å². The number of hydrogen-bond donors (Lipinski definition) is 1. The molecule has 2 heterocycles.